The molecule has 0 aliphatic carbocycles. The molecule has 0 saturated heterocycles. The molecule has 0 fully saturated rings. The topological polar surface area (TPSA) is 29.5 Å². The molecule has 0 aliphatic rings. The van der Waals surface area contributed by atoms with Crippen LogP contribution in [0, 0.1) is 6.07 Å². The monoisotopic (exact) mass is 178 g/mol. The molecular formula is C10H12NO2. The Morgan fingerprint density at radius 2 is 2.15 bits per heavy atom. The molecule has 69 valence electrons. The second-order valence-corrected chi connectivity index (χ2v) is 2.52. The molecule has 0 bridgehead atoms. The number of hydrogen-bond donors (Lipinski definition) is 0. The Morgan fingerprint density at radius 1 is 1.54 bits per heavy atom. The summed E-state index contributed by atoms with van der Waals surface area (Å²) in [6, 6.07) is 9.99. The molecule has 0 saturated carbocycles. The zero-order chi connectivity index (χ0) is 9.68. The normalized spacial score (nSPS) is 9.38. The van der Waals surface area contributed by atoms with E-state index in [4.69, 9.17) is 4.74 Å². The van der Waals surface area contributed by atoms with Crippen LogP contribution in [0.25, 0.3) is 0 Å². The fourth-order valence-electron chi connectivity index (χ4n) is 0.927. The highest BCUT2D eigenvalue weighted by molar-refractivity contribution is 5.86. The zero-order valence-electron chi connectivity index (χ0n) is 7.78. The first kappa shape index (κ1) is 9.58. The summed E-state index contributed by atoms with van der Waals surface area (Å²) in [7, 11) is 1.67. The lowest BCUT2D eigenvalue weighted by Crippen LogP contribution is -2.26. The third-order valence-electron chi connectivity index (χ3n) is 1.63. The van der Waals surface area contributed by atoms with Gasteiger partial charge in [-0.25, -0.2) is 4.79 Å². The predicted molar refractivity (Wildman–Crippen MR) is 50.7 cm³/mol. The fraction of sp³-hybridized carbons (Fsp3) is 0.300. The second-order valence-electron chi connectivity index (χ2n) is 2.52. The van der Waals surface area contributed by atoms with E-state index >= 15 is 0 Å². The minimum absolute atomic E-state index is 0.339. The first-order valence-corrected chi connectivity index (χ1v) is 4.12. The first-order chi connectivity index (χ1) is 6.25. The Bertz CT molecular complexity index is 272. The molecule has 0 aliphatic heterocycles. The van der Waals surface area contributed by atoms with Crippen LogP contribution in [0.2, 0.25) is 0 Å². The van der Waals surface area contributed by atoms with Crippen LogP contribution in [0.5, 0.6) is 0 Å². The van der Waals surface area contributed by atoms with Crippen LogP contribution in [0.4, 0.5) is 10.5 Å². The third-order valence-corrected chi connectivity index (χ3v) is 1.63. The van der Waals surface area contributed by atoms with Crippen LogP contribution in [0.1, 0.15) is 6.92 Å². The number of ether oxygens (including phenoxy) is 1. The number of nitrogens with zero attached hydrogens (tertiary/aromatic N) is 1. The maximum Gasteiger partial charge on any atom is 0.413 e. The smallest absolute Gasteiger partial charge is 0.413 e. The molecule has 1 rings (SSSR count). The van der Waals surface area contributed by atoms with E-state index in [-0.39, 0.29) is 6.09 Å². The van der Waals surface area contributed by atoms with Gasteiger partial charge in [0.05, 0.1) is 6.61 Å². The molecule has 0 unspecified atom stereocenters. The van der Waals surface area contributed by atoms with Crippen LogP contribution < -0.4 is 4.90 Å². The minimum atomic E-state index is -0.339. The zero-order valence-corrected chi connectivity index (χ0v) is 7.78. The van der Waals surface area contributed by atoms with E-state index in [0.29, 0.717) is 6.61 Å². The maximum atomic E-state index is 11.2. The van der Waals surface area contributed by atoms with Crippen molar-refractivity contribution in [1.29, 1.82) is 0 Å². The highest BCUT2D eigenvalue weighted by atomic mass is 16.5. The van der Waals surface area contributed by atoms with E-state index in [1.165, 1.54) is 4.90 Å². The number of carbonyl (C=O) groups is 1. The van der Waals surface area contributed by atoms with Gasteiger partial charge < -0.3 is 4.74 Å². The Labute approximate surface area is 77.9 Å². The van der Waals surface area contributed by atoms with Crippen LogP contribution in [-0.4, -0.2) is 19.7 Å². The van der Waals surface area contributed by atoms with Crippen molar-refractivity contribution in [3.8, 4) is 0 Å². The quantitative estimate of drug-likeness (QED) is 0.693. The number of hydrogen-bond acceptors (Lipinski definition) is 2. The standard InChI is InChI=1S/C10H12NO2/c1-3-13-10(12)11(2)9-7-5-4-6-8-9/h5-8H,3H2,1-2H3. The summed E-state index contributed by atoms with van der Waals surface area (Å²) in [6.07, 6.45) is -0.339. The highest BCUT2D eigenvalue weighted by Crippen LogP contribution is 2.11. The van der Waals surface area contributed by atoms with Crippen LogP contribution >= 0.6 is 0 Å². The average molecular weight is 178 g/mol. The van der Waals surface area contributed by atoms with Crippen LogP contribution in [0.3, 0.4) is 0 Å². The number of benzene rings is 1. The fourth-order valence-corrected chi connectivity index (χ4v) is 0.927. The Morgan fingerprint density at radius 3 is 2.69 bits per heavy atom. The van der Waals surface area contributed by atoms with Gasteiger partial charge in [0.2, 0.25) is 0 Å². The van der Waals surface area contributed by atoms with E-state index in [2.05, 4.69) is 6.07 Å². The van der Waals surface area contributed by atoms with Crippen molar-refractivity contribution >= 4 is 11.8 Å². The lowest BCUT2D eigenvalue weighted by atomic mass is 10.3. The number of amides is 1. The molecule has 1 radical (unpaired) electrons. The summed E-state index contributed by atoms with van der Waals surface area (Å²) in [6.45, 7) is 2.17. The first-order valence-electron chi connectivity index (χ1n) is 4.12. The van der Waals surface area contributed by atoms with Gasteiger partial charge in [-0.3, -0.25) is 4.90 Å². The Balaban J connectivity index is 2.68. The van der Waals surface area contributed by atoms with Crippen molar-refractivity contribution in [2.75, 3.05) is 18.6 Å². The molecule has 13 heavy (non-hydrogen) atoms. The van der Waals surface area contributed by atoms with Crippen molar-refractivity contribution in [1.82, 2.24) is 0 Å². The molecule has 3 nitrogen and oxygen atoms in total. The molecule has 1 amide bonds. The van der Waals surface area contributed by atoms with Gasteiger partial charge in [0.15, 0.2) is 0 Å². The summed E-state index contributed by atoms with van der Waals surface area (Å²) in [5.74, 6) is 0. The largest absolute Gasteiger partial charge is 0.449 e. The van der Waals surface area contributed by atoms with Gasteiger partial charge in [0.25, 0.3) is 0 Å². The SMILES string of the molecule is CCOC(=O)N(C)c1cc[c]cc1. The van der Waals surface area contributed by atoms with Gasteiger partial charge >= 0.3 is 6.09 Å². The van der Waals surface area contributed by atoms with Gasteiger partial charge in [-0.05, 0) is 25.1 Å². The van der Waals surface area contributed by atoms with E-state index in [0.717, 1.165) is 5.69 Å². The summed E-state index contributed by atoms with van der Waals surface area (Å²) < 4.78 is 4.83. The van der Waals surface area contributed by atoms with Gasteiger partial charge in [0.1, 0.15) is 0 Å². The molecule has 0 atom stereocenters. The second kappa shape index (κ2) is 4.50. The Hall–Kier alpha value is -1.51. The van der Waals surface area contributed by atoms with Gasteiger partial charge in [-0.2, -0.15) is 0 Å². The predicted octanol–water partition coefficient (Wildman–Crippen LogP) is 2.08. The number of carbonyl (C=O) groups excluding carboxylic acids is 1. The van der Waals surface area contributed by atoms with E-state index < -0.39 is 0 Å². The van der Waals surface area contributed by atoms with E-state index in [9.17, 15) is 4.79 Å². The summed E-state index contributed by atoms with van der Waals surface area (Å²) in [4.78, 5) is 12.7. The average Bonchev–Trinajstić information content (AvgIpc) is 2.18. The van der Waals surface area contributed by atoms with Crippen molar-refractivity contribution in [2.45, 2.75) is 6.92 Å². The summed E-state index contributed by atoms with van der Waals surface area (Å²) in [5.41, 5.74) is 0.803. The van der Waals surface area contributed by atoms with Crippen LogP contribution in [-0.2, 0) is 4.74 Å². The summed E-state index contributed by atoms with van der Waals surface area (Å²) >= 11 is 0. The van der Waals surface area contributed by atoms with E-state index in [1.807, 2.05) is 0 Å². The van der Waals surface area contributed by atoms with Gasteiger partial charge in [0, 0.05) is 12.7 Å². The molecule has 0 heterocycles. The molecule has 0 N–H and O–H groups in total. The van der Waals surface area contributed by atoms with Crippen molar-refractivity contribution < 1.29 is 9.53 Å². The number of rotatable bonds is 2. The molecule has 3 heteroatoms. The molecular weight excluding hydrogens is 166 g/mol. The molecule has 1 aromatic carbocycles. The molecule has 1 aromatic rings. The van der Waals surface area contributed by atoms with Gasteiger partial charge in [-0.15, -0.1) is 0 Å². The van der Waals surface area contributed by atoms with Crippen molar-refractivity contribution in [2.24, 2.45) is 0 Å². The van der Waals surface area contributed by atoms with Gasteiger partial charge in [-0.1, -0.05) is 12.1 Å². The number of anilines is 1. The van der Waals surface area contributed by atoms with Crippen molar-refractivity contribution in [3.63, 3.8) is 0 Å². The maximum absolute atomic E-state index is 11.2. The molecule has 0 aromatic heterocycles. The minimum Gasteiger partial charge on any atom is -0.449 e. The van der Waals surface area contributed by atoms with Crippen LogP contribution in [0.15, 0.2) is 24.3 Å². The third kappa shape index (κ3) is 2.47. The highest BCUT2D eigenvalue weighted by Gasteiger charge is 2.09. The lowest BCUT2D eigenvalue weighted by Gasteiger charge is -2.15. The Kier molecular flexibility index (Phi) is 3.31. The van der Waals surface area contributed by atoms with E-state index in [1.54, 1.807) is 38.2 Å². The van der Waals surface area contributed by atoms with Crippen molar-refractivity contribution in [3.05, 3.63) is 30.3 Å². The summed E-state index contributed by atoms with van der Waals surface area (Å²) in [5, 5.41) is 0. The lowest BCUT2D eigenvalue weighted by molar-refractivity contribution is 0.161. The molecule has 0 spiro atoms.